The van der Waals surface area contributed by atoms with Crippen molar-refractivity contribution in [1.82, 2.24) is 5.32 Å². The molecule has 1 amide bonds. The molecule has 0 bridgehead atoms. The minimum absolute atomic E-state index is 0.00238. The van der Waals surface area contributed by atoms with E-state index in [1.807, 2.05) is 24.3 Å². The first kappa shape index (κ1) is 32.8. The van der Waals surface area contributed by atoms with E-state index >= 15 is 0 Å². The van der Waals surface area contributed by atoms with E-state index in [9.17, 15) is 14.4 Å². The predicted octanol–water partition coefficient (Wildman–Crippen LogP) is 8.87. The number of hydrogen-bond donors (Lipinski definition) is 1. The number of esters is 1. The van der Waals surface area contributed by atoms with Crippen LogP contribution >= 0.6 is 11.6 Å². The summed E-state index contributed by atoms with van der Waals surface area (Å²) in [6, 6.07) is 7.63. The first-order chi connectivity index (χ1) is 21.0. The highest BCUT2D eigenvalue weighted by Gasteiger charge is 2.71. The highest BCUT2D eigenvalue weighted by Crippen LogP contribution is 2.76. The summed E-state index contributed by atoms with van der Waals surface area (Å²) in [5, 5.41) is 3.92. The van der Waals surface area contributed by atoms with Crippen molar-refractivity contribution < 1.29 is 19.1 Å². The fourth-order valence-electron chi connectivity index (χ4n) is 12.3. The van der Waals surface area contributed by atoms with Crippen LogP contribution in [0.15, 0.2) is 35.4 Å². The average Bonchev–Trinajstić information content (AvgIpc) is 3.27. The Bertz CT molecular complexity index is 1450. The van der Waals surface area contributed by atoms with E-state index in [1.54, 1.807) is 6.92 Å². The molecule has 1 N–H and O–H groups in total. The number of allylic oxidation sites excluding steroid dienone is 1. The number of nitrogens with one attached hydrogen (secondary N) is 1. The second-order valence-corrected chi connectivity index (χ2v) is 17.5. The Hall–Kier alpha value is -2.14. The van der Waals surface area contributed by atoms with Crippen LogP contribution in [0.25, 0.3) is 0 Å². The second-order valence-electron chi connectivity index (χ2n) is 17.0. The van der Waals surface area contributed by atoms with Gasteiger partial charge in [-0.25, -0.2) is 0 Å². The molecule has 4 saturated carbocycles. The molecule has 6 rings (SSSR count). The van der Waals surface area contributed by atoms with Gasteiger partial charge in [-0.05, 0) is 120 Å². The van der Waals surface area contributed by atoms with E-state index in [0.717, 1.165) is 62.5 Å². The summed E-state index contributed by atoms with van der Waals surface area (Å²) in [6.45, 7) is 18.5. The molecule has 5 aliphatic carbocycles. The molecule has 6 heteroatoms. The second kappa shape index (κ2) is 11.0. The van der Waals surface area contributed by atoms with Gasteiger partial charge in [-0.2, -0.15) is 0 Å². The predicted molar refractivity (Wildman–Crippen MR) is 178 cm³/mol. The zero-order chi connectivity index (χ0) is 32.7. The lowest BCUT2D eigenvalue weighted by molar-refractivity contribution is -0.232. The molecule has 0 heterocycles. The molecule has 0 saturated heterocycles. The Kier molecular flexibility index (Phi) is 7.98. The van der Waals surface area contributed by atoms with Crippen molar-refractivity contribution in [2.45, 2.75) is 126 Å². The lowest BCUT2D eigenvalue weighted by Gasteiger charge is -2.72. The number of amides is 1. The molecule has 5 nitrogen and oxygen atoms in total. The van der Waals surface area contributed by atoms with Gasteiger partial charge in [0.05, 0.1) is 5.41 Å². The topological polar surface area (TPSA) is 72.5 Å². The molecule has 0 spiro atoms. The van der Waals surface area contributed by atoms with Crippen molar-refractivity contribution in [2.24, 2.45) is 50.7 Å². The average molecular weight is 636 g/mol. The van der Waals surface area contributed by atoms with E-state index in [0.29, 0.717) is 29.8 Å². The highest BCUT2D eigenvalue weighted by atomic mass is 35.5. The normalized spacial score (nSPS) is 40.3. The monoisotopic (exact) mass is 635 g/mol. The number of fused-ring (bicyclic) bond motifs is 7. The molecule has 5 aliphatic rings. The van der Waals surface area contributed by atoms with Crippen molar-refractivity contribution in [3.8, 4) is 0 Å². The van der Waals surface area contributed by atoms with Gasteiger partial charge in [0.2, 0.25) is 5.91 Å². The summed E-state index contributed by atoms with van der Waals surface area (Å²) in [5.74, 6) is 1.36. The number of Topliss-reactive ketones (excluding diaryl/α,β-unsaturated/α-hetero) is 1. The van der Waals surface area contributed by atoms with Crippen molar-refractivity contribution in [1.29, 1.82) is 0 Å². The molecule has 45 heavy (non-hydrogen) atoms. The van der Waals surface area contributed by atoms with Crippen LogP contribution in [0.2, 0.25) is 5.02 Å². The standard InChI is InChI=1S/C39H54ClNO4/c1-23(2)32-28(43)21-39(34(44)41-22-25-10-9-11-26(40)20-25)19-18-37(7)27(33(32)39)12-13-30-36(6)16-15-31(45-24(3)42)35(4,5)29(36)14-17-38(30,37)8/h9-11,20,23,27,29-31H,12-19,21-22H2,1-8H3,(H,41,44)/t27?,29?,30?,31-,36-,37+,38+,39+/m0/s1. The van der Waals surface area contributed by atoms with Gasteiger partial charge >= 0.3 is 5.97 Å². The van der Waals surface area contributed by atoms with Crippen LogP contribution in [0.1, 0.15) is 119 Å². The van der Waals surface area contributed by atoms with E-state index in [1.165, 1.54) is 5.57 Å². The van der Waals surface area contributed by atoms with Gasteiger partial charge in [0, 0.05) is 30.3 Å². The first-order valence-electron chi connectivity index (χ1n) is 17.5. The van der Waals surface area contributed by atoms with E-state index < -0.39 is 5.41 Å². The maximum atomic E-state index is 14.4. The molecule has 1 aromatic carbocycles. The van der Waals surface area contributed by atoms with Crippen LogP contribution < -0.4 is 5.32 Å². The summed E-state index contributed by atoms with van der Waals surface area (Å²) < 4.78 is 5.92. The number of halogens is 1. The van der Waals surface area contributed by atoms with Crippen molar-refractivity contribution in [3.63, 3.8) is 0 Å². The van der Waals surface area contributed by atoms with Crippen LogP contribution in [-0.2, 0) is 25.7 Å². The maximum absolute atomic E-state index is 14.4. The number of carbonyl (C=O) groups is 3. The van der Waals surface area contributed by atoms with Crippen molar-refractivity contribution in [3.05, 3.63) is 46.0 Å². The lowest BCUT2D eigenvalue weighted by atomic mass is 9.33. The summed E-state index contributed by atoms with van der Waals surface area (Å²) in [4.78, 5) is 40.3. The molecule has 1 aromatic rings. The number of rotatable bonds is 5. The van der Waals surface area contributed by atoms with Gasteiger partial charge in [-0.1, -0.05) is 72.2 Å². The molecule has 246 valence electrons. The van der Waals surface area contributed by atoms with Gasteiger partial charge in [0.15, 0.2) is 5.78 Å². The number of ether oxygens (including phenoxy) is 1. The molecule has 0 aromatic heterocycles. The van der Waals surface area contributed by atoms with Crippen LogP contribution in [-0.4, -0.2) is 23.8 Å². The third-order valence-corrected chi connectivity index (χ3v) is 14.7. The van der Waals surface area contributed by atoms with Gasteiger partial charge in [-0.15, -0.1) is 0 Å². The molecule has 4 fully saturated rings. The van der Waals surface area contributed by atoms with Crippen molar-refractivity contribution >= 4 is 29.3 Å². The van der Waals surface area contributed by atoms with Gasteiger partial charge in [-0.3, -0.25) is 14.4 Å². The van der Waals surface area contributed by atoms with Gasteiger partial charge < -0.3 is 10.1 Å². The Morgan fingerprint density at radius 3 is 2.36 bits per heavy atom. The molecule has 8 atom stereocenters. The van der Waals surface area contributed by atoms with E-state index in [2.05, 4.69) is 53.8 Å². The Balaban J connectivity index is 1.35. The zero-order valence-corrected chi connectivity index (χ0v) is 29.5. The molecular weight excluding hydrogens is 582 g/mol. The number of hydrogen-bond acceptors (Lipinski definition) is 4. The largest absolute Gasteiger partial charge is 0.462 e. The fraction of sp³-hybridized carbons (Fsp3) is 0.718. The lowest BCUT2D eigenvalue weighted by Crippen LogP contribution is -2.66. The van der Waals surface area contributed by atoms with Crippen LogP contribution in [0, 0.1) is 50.7 Å². The minimum atomic E-state index is -0.756. The van der Waals surface area contributed by atoms with Crippen LogP contribution in [0.5, 0.6) is 0 Å². The van der Waals surface area contributed by atoms with Crippen LogP contribution in [0.4, 0.5) is 0 Å². The third kappa shape index (κ3) is 4.71. The van der Waals surface area contributed by atoms with Crippen LogP contribution in [0.3, 0.4) is 0 Å². The molecule has 0 aliphatic heterocycles. The van der Waals surface area contributed by atoms with Gasteiger partial charge in [0.25, 0.3) is 0 Å². The summed E-state index contributed by atoms with van der Waals surface area (Å²) in [6.07, 6.45) is 8.33. The maximum Gasteiger partial charge on any atom is 0.302 e. The first-order valence-corrected chi connectivity index (χ1v) is 17.9. The fourth-order valence-corrected chi connectivity index (χ4v) is 12.5. The summed E-state index contributed by atoms with van der Waals surface area (Å²) in [7, 11) is 0. The SMILES string of the molecule is CC(=O)O[C@H]1CC[C@@]2(C)C(CC[C@]3(C)C2CCC2C4=C(C(C)C)C(=O)C[C@]4(C(=O)NCc4cccc(Cl)c4)CC[C@]23C)C1(C)C. The van der Waals surface area contributed by atoms with E-state index in [4.69, 9.17) is 16.3 Å². The third-order valence-electron chi connectivity index (χ3n) is 14.5. The number of benzene rings is 1. The molecule has 0 radical (unpaired) electrons. The number of ketones is 1. The van der Waals surface area contributed by atoms with Crippen molar-refractivity contribution in [2.75, 3.05) is 0 Å². The van der Waals surface area contributed by atoms with E-state index in [-0.39, 0.29) is 57.3 Å². The highest BCUT2D eigenvalue weighted by molar-refractivity contribution is 6.30. The number of carbonyl (C=O) groups excluding carboxylic acids is 3. The molecule has 3 unspecified atom stereocenters. The summed E-state index contributed by atoms with van der Waals surface area (Å²) >= 11 is 6.24. The zero-order valence-electron chi connectivity index (χ0n) is 28.8. The Labute approximate surface area is 275 Å². The minimum Gasteiger partial charge on any atom is -0.462 e. The Morgan fingerprint density at radius 2 is 1.69 bits per heavy atom. The quantitative estimate of drug-likeness (QED) is 0.328. The summed E-state index contributed by atoms with van der Waals surface area (Å²) in [5.41, 5.74) is 2.51. The van der Waals surface area contributed by atoms with Gasteiger partial charge in [0.1, 0.15) is 6.10 Å². The Morgan fingerprint density at radius 1 is 0.956 bits per heavy atom. The smallest absolute Gasteiger partial charge is 0.302 e. The molecular formula is C39H54ClNO4.